The molecule has 1 amide bonds. The number of oxazole rings is 1. The van der Waals surface area contributed by atoms with Gasteiger partial charge < -0.3 is 4.42 Å². The van der Waals surface area contributed by atoms with Crippen LogP contribution in [-0.2, 0) is 0 Å². The molecule has 0 atom stereocenters. The largest absolute Gasteiger partial charge is 0.448 e. The Morgan fingerprint density at radius 1 is 1.90 bits per heavy atom. The zero-order chi connectivity index (χ0) is 7.56. The first-order chi connectivity index (χ1) is 4.74. The van der Waals surface area contributed by atoms with Crippen molar-refractivity contribution in [2.24, 2.45) is 5.84 Å². The number of hydrogen-bond acceptors (Lipinski definition) is 4. The van der Waals surface area contributed by atoms with Crippen molar-refractivity contribution in [3.8, 4) is 0 Å². The Labute approximate surface area is 57.2 Å². The lowest BCUT2D eigenvalue weighted by Crippen LogP contribution is -2.30. The Morgan fingerprint density at radius 3 is 3.00 bits per heavy atom. The average Bonchev–Trinajstić information content (AvgIpc) is 2.34. The molecule has 0 spiro atoms. The molecule has 10 heavy (non-hydrogen) atoms. The van der Waals surface area contributed by atoms with Gasteiger partial charge in [-0.15, -0.1) is 0 Å². The van der Waals surface area contributed by atoms with Gasteiger partial charge in [-0.3, -0.25) is 10.2 Å². The number of nitrogens with one attached hydrogen (secondary N) is 1. The molecule has 0 radical (unpaired) electrons. The van der Waals surface area contributed by atoms with Crippen LogP contribution in [0.3, 0.4) is 0 Å². The minimum atomic E-state index is -0.447. The Bertz CT molecular complexity index is 243. The molecule has 1 aromatic heterocycles. The lowest BCUT2D eigenvalue weighted by atomic mass is 10.5. The first-order valence-corrected chi connectivity index (χ1v) is 2.67. The summed E-state index contributed by atoms with van der Waals surface area (Å²) in [4.78, 5) is 14.4. The summed E-state index contributed by atoms with van der Waals surface area (Å²) in [5, 5.41) is 0. The van der Waals surface area contributed by atoms with Crippen LogP contribution in [0, 0.1) is 6.92 Å². The van der Waals surface area contributed by atoms with Crippen LogP contribution in [0.1, 0.15) is 16.4 Å². The van der Waals surface area contributed by atoms with Crippen molar-refractivity contribution in [1.82, 2.24) is 10.4 Å². The Balaban J connectivity index is 2.85. The summed E-state index contributed by atoms with van der Waals surface area (Å²) in [6.07, 6.45) is 1.25. The summed E-state index contributed by atoms with van der Waals surface area (Å²) >= 11 is 0. The van der Waals surface area contributed by atoms with Gasteiger partial charge in [0.1, 0.15) is 6.26 Å². The van der Waals surface area contributed by atoms with Crippen molar-refractivity contribution in [3.63, 3.8) is 0 Å². The maximum atomic E-state index is 10.7. The third-order valence-corrected chi connectivity index (χ3v) is 0.983. The van der Waals surface area contributed by atoms with Gasteiger partial charge in [0.05, 0.1) is 0 Å². The predicted molar refractivity (Wildman–Crippen MR) is 32.9 cm³/mol. The van der Waals surface area contributed by atoms with E-state index in [4.69, 9.17) is 10.3 Å². The number of aryl methyl sites for hydroxylation is 1. The third-order valence-electron chi connectivity index (χ3n) is 0.983. The first-order valence-electron chi connectivity index (χ1n) is 2.67. The fraction of sp³-hybridized carbons (Fsp3) is 0.200. The molecule has 3 N–H and O–H groups in total. The number of hydrogen-bond donors (Lipinski definition) is 2. The van der Waals surface area contributed by atoms with Crippen LogP contribution in [0.2, 0.25) is 0 Å². The zero-order valence-electron chi connectivity index (χ0n) is 5.42. The number of carbonyl (C=O) groups is 1. The highest BCUT2D eigenvalue weighted by atomic mass is 16.3. The second-order valence-corrected chi connectivity index (χ2v) is 1.73. The summed E-state index contributed by atoms with van der Waals surface area (Å²) in [5.74, 6) is 4.83. The van der Waals surface area contributed by atoms with Crippen LogP contribution < -0.4 is 11.3 Å². The summed E-state index contributed by atoms with van der Waals surface area (Å²) in [6.45, 7) is 1.65. The van der Waals surface area contributed by atoms with E-state index >= 15 is 0 Å². The molecule has 1 rings (SSSR count). The van der Waals surface area contributed by atoms with Crippen LogP contribution in [0.15, 0.2) is 10.7 Å². The highest BCUT2D eigenvalue weighted by Crippen LogP contribution is 1.98. The van der Waals surface area contributed by atoms with Crippen LogP contribution in [-0.4, -0.2) is 10.9 Å². The fourth-order valence-electron chi connectivity index (χ4n) is 0.542. The van der Waals surface area contributed by atoms with E-state index in [9.17, 15) is 4.79 Å². The minimum Gasteiger partial charge on any atom is -0.448 e. The number of carbonyl (C=O) groups excluding carboxylic acids is 1. The second kappa shape index (κ2) is 2.49. The SMILES string of the molecule is Cc1nc(C(=O)NN)co1. The van der Waals surface area contributed by atoms with Gasteiger partial charge in [0.2, 0.25) is 0 Å². The van der Waals surface area contributed by atoms with E-state index in [0.717, 1.165) is 0 Å². The van der Waals surface area contributed by atoms with Gasteiger partial charge in [-0.25, -0.2) is 10.8 Å². The van der Waals surface area contributed by atoms with Gasteiger partial charge in [0.15, 0.2) is 11.6 Å². The summed E-state index contributed by atoms with van der Waals surface area (Å²) in [5.41, 5.74) is 2.13. The number of aromatic nitrogens is 1. The molecule has 0 aromatic carbocycles. The average molecular weight is 141 g/mol. The van der Waals surface area contributed by atoms with Crippen molar-refractivity contribution in [2.75, 3.05) is 0 Å². The van der Waals surface area contributed by atoms with Gasteiger partial charge in [0.25, 0.3) is 5.91 Å². The zero-order valence-corrected chi connectivity index (χ0v) is 5.42. The molecule has 0 saturated heterocycles. The number of nitrogens with two attached hydrogens (primary N) is 1. The molecule has 0 unspecified atom stereocenters. The maximum absolute atomic E-state index is 10.7. The van der Waals surface area contributed by atoms with E-state index in [1.165, 1.54) is 6.26 Å². The topological polar surface area (TPSA) is 81.2 Å². The summed E-state index contributed by atoms with van der Waals surface area (Å²) < 4.78 is 4.76. The highest BCUT2D eigenvalue weighted by molar-refractivity contribution is 5.91. The standard InChI is InChI=1S/C5H7N3O2/c1-3-7-4(2-10-3)5(9)8-6/h2H,6H2,1H3,(H,8,9). The van der Waals surface area contributed by atoms with Gasteiger partial charge in [0, 0.05) is 6.92 Å². The molecule has 0 bridgehead atoms. The van der Waals surface area contributed by atoms with Crippen molar-refractivity contribution >= 4 is 5.91 Å². The molecule has 0 aliphatic rings. The van der Waals surface area contributed by atoms with Gasteiger partial charge in [-0.2, -0.15) is 0 Å². The van der Waals surface area contributed by atoms with Crippen LogP contribution in [0.25, 0.3) is 0 Å². The Morgan fingerprint density at radius 2 is 2.60 bits per heavy atom. The number of rotatable bonds is 1. The number of nitrogens with zero attached hydrogens (tertiary/aromatic N) is 1. The van der Waals surface area contributed by atoms with Crippen LogP contribution in [0.5, 0.6) is 0 Å². The maximum Gasteiger partial charge on any atom is 0.287 e. The molecule has 0 aliphatic carbocycles. The van der Waals surface area contributed by atoms with E-state index in [0.29, 0.717) is 5.89 Å². The highest BCUT2D eigenvalue weighted by Gasteiger charge is 2.06. The monoisotopic (exact) mass is 141 g/mol. The van der Waals surface area contributed by atoms with Gasteiger partial charge in [-0.05, 0) is 0 Å². The number of nitrogen functional groups attached to an aromatic ring is 1. The molecular weight excluding hydrogens is 134 g/mol. The van der Waals surface area contributed by atoms with Gasteiger partial charge in [-0.1, -0.05) is 0 Å². The Hall–Kier alpha value is -1.36. The van der Waals surface area contributed by atoms with E-state index in [1.54, 1.807) is 6.92 Å². The minimum absolute atomic E-state index is 0.194. The summed E-state index contributed by atoms with van der Waals surface area (Å²) in [7, 11) is 0. The Kier molecular flexibility index (Phi) is 1.68. The lowest BCUT2D eigenvalue weighted by Gasteiger charge is -1.88. The van der Waals surface area contributed by atoms with Crippen LogP contribution in [0.4, 0.5) is 0 Å². The molecule has 1 heterocycles. The van der Waals surface area contributed by atoms with E-state index in [2.05, 4.69) is 4.98 Å². The smallest absolute Gasteiger partial charge is 0.287 e. The third kappa shape index (κ3) is 1.14. The fourth-order valence-corrected chi connectivity index (χ4v) is 0.542. The molecular formula is C5H7N3O2. The molecule has 1 aromatic rings. The number of hydrazine groups is 1. The van der Waals surface area contributed by atoms with E-state index < -0.39 is 5.91 Å². The quantitative estimate of drug-likeness (QED) is 0.316. The normalized spacial score (nSPS) is 9.40. The molecule has 5 heteroatoms. The molecule has 0 saturated carbocycles. The van der Waals surface area contributed by atoms with Crippen molar-refractivity contribution in [1.29, 1.82) is 0 Å². The van der Waals surface area contributed by atoms with Gasteiger partial charge >= 0.3 is 0 Å². The van der Waals surface area contributed by atoms with E-state index in [1.807, 2.05) is 5.43 Å². The van der Waals surface area contributed by atoms with Crippen LogP contribution >= 0.6 is 0 Å². The molecule has 0 aliphatic heterocycles. The van der Waals surface area contributed by atoms with Crippen molar-refractivity contribution in [2.45, 2.75) is 6.92 Å². The molecule has 5 nitrogen and oxygen atoms in total. The predicted octanol–water partition coefficient (Wildman–Crippen LogP) is -0.413. The molecule has 54 valence electrons. The van der Waals surface area contributed by atoms with Crippen molar-refractivity contribution in [3.05, 3.63) is 17.8 Å². The molecule has 0 fully saturated rings. The number of amides is 1. The van der Waals surface area contributed by atoms with Crippen molar-refractivity contribution < 1.29 is 9.21 Å². The first kappa shape index (κ1) is 6.76. The summed E-state index contributed by atoms with van der Waals surface area (Å²) in [6, 6.07) is 0. The lowest BCUT2D eigenvalue weighted by molar-refractivity contribution is 0.0948. The van der Waals surface area contributed by atoms with E-state index in [-0.39, 0.29) is 5.69 Å². The second-order valence-electron chi connectivity index (χ2n) is 1.73.